The number of hydrogen-bond donors (Lipinski definition) is 0. The van der Waals surface area contributed by atoms with Gasteiger partial charge in [0, 0.05) is 17.9 Å². The van der Waals surface area contributed by atoms with Gasteiger partial charge in [-0.05, 0) is 24.6 Å². The third-order valence-electron chi connectivity index (χ3n) is 2.28. The molecule has 0 aliphatic rings. The van der Waals surface area contributed by atoms with Crippen LogP contribution in [0.15, 0.2) is 28.7 Å². The second kappa shape index (κ2) is 4.14. The van der Waals surface area contributed by atoms with Crippen molar-refractivity contribution in [2.45, 2.75) is 13.3 Å². The lowest BCUT2D eigenvalue weighted by molar-refractivity contribution is 0.724. The van der Waals surface area contributed by atoms with Crippen molar-refractivity contribution in [1.29, 1.82) is 0 Å². The fourth-order valence-electron chi connectivity index (χ4n) is 1.43. The molecule has 1 heterocycles. The third kappa shape index (κ3) is 2.45. The van der Waals surface area contributed by atoms with Crippen LogP contribution in [0.5, 0.6) is 0 Å². The highest BCUT2D eigenvalue weighted by atomic mass is 79.9. The zero-order valence-electron chi connectivity index (χ0n) is 8.74. The fraction of sp³-hybridized carbons (Fsp3) is 0.273. The molecule has 78 valence electrons. The van der Waals surface area contributed by atoms with Crippen LogP contribution in [-0.2, 0) is 13.5 Å². The molecule has 0 amide bonds. The summed E-state index contributed by atoms with van der Waals surface area (Å²) in [6.07, 6.45) is 0.779. The molecule has 0 fully saturated rings. The normalized spacial score (nSPS) is 10.6. The molecule has 0 aliphatic carbocycles. The van der Waals surface area contributed by atoms with E-state index in [1.165, 1.54) is 5.56 Å². The molecule has 0 unspecified atom stereocenters. The molecule has 0 N–H and O–H groups in total. The standard InChI is InChI=1S/C11H12BrN3/c1-8-13-11(14-15(8)2)7-9-4-3-5-10(12)6-9/h3-6H,7H2,1-2H3. The van der Waals surface area contributed by atoms with Crippen LogP contribution in [0, 0.1) is 6.92 Å². The maximum atomic E-state index is 4.37. The molecule has 1 aromatic heterocycles. The van der Waals surface area contributed by atoms with E-state index in [-0.39, 0.29) is 0 Å². The maximum Gasteiger partial charge on any atom is 0.155 e. The topological polar surface area (TPSA) is 30.7 Å². The van der Waals surface area contributed by atoms with Crippen LogP contribution in [0.3, 0.4) is 0 Å². The highest BCUT2D eigenvalue weighted by Gasteiger charge is 2.04. The van der Waals surface area contributed by atoms with Gasteiger partial charge in [0.2, 0.25) is 0 Å². The van der Waals surface area contributed by atoms with E-state index in [0.29, 0.717) is 0 Å². The monoisotopic (exact) mass is 265 g/mol. The van der Waals surface area contributed by atoms with Gasteiger partial charge in [0.05, 0.1) is 0 Å². The molecular weight excluding hydrogens is 254 g/mol. The average Bonchev–Trinajstić information content (AvgIpc) is 2.45. The zero-order chi connectivity index (χ0) is 10.8. The van der Waals surface area contributed by atoms with Gasteiger partial charge >= 0.3 is 0 Å². The van der Waals surface area contributed by atoms with Gasteiger partial charge in [-0.15, -0.1) is 0 Å². The number of rotatable bonds is 2. The molecule has 2 aromatic rings. The first-order valence-electron chi connectivity index (χ1n) is 4.76. The molecule has 0 saturated heterocycles. The summed E-state index contributed by atoms with van der Waals surface area (Å²) in [5.41, 5.74) is 1.22. The minimum absolute atomic E-state index is 0.779. The Morgan fingerprint density at radius 2 is 2.20 bits per heavy atom. The third-order valence-corrected chi connectivity index (χ3v) is 2.77. The number of hydrogen-bond acceptors (Lipinski definition) is 2. The van der Waals surface area contributed by atoms with E-state index in [4.69, 9.17) is 0 Å². The van der Waals surface area contributed by atoms with Gasteiger partial charge in [-0.1, -0.05) is 28.1 Å². The van der Waals surface area contributed by atoms with Crippen molar-refractivity contribution in [1.82, 2.24) is 14.8 Å². The summed E-state index contributed by atoms with van der Waals surface area (Å²) in [6.45, 7) is 1.96. The molecule has 0 radical (unpaired) electrons. The molecule has 0 spiro atoms. The largest absolute Gasteiger partial charge is 0.253 e. The fourth-order valence-corrected chi connectivity index (χ4v) is 1.88. The zero-order valence-corrected chi connectivity index (χ0v) is 10.3. The summed E-state index contributed by atoms with van der Waals surface area (Å²) >= 11 is 3.45. The Balaban J connectivity index is 2.22. The number of halogens is 1. The van der Waals surface area contributed by atoms with Crippen LogP contribution in [0.2, 0.25) is 0 Å². The van der Waals surface area contributed by atoms with E-state index < -0.39 is 0 Å². The second-order valence-electron chi connectivity index (χ2n) is 3.51. The molecule has 0 saturated carbocycles. The molecule has 0 bridgehead atoms. The van der Waals surface area contributed by atoms with Crippen LogP contribution in [0.4, 0.5) is 0 Å². The van der Waals surface area contributed by atoms with Crippen LogP contribution in [0.1, 0.15) is 17.2 Å². The smallest absolute Gasteiger partial charge is 0.155 e. The molecule has 3 nitrogen and oxygen atoms in total. The number of nitrogens with zero attached hydrogens (tertiary/aromatic N) is 3. The Kier molecular flexibility index (Phi) is 2.86. The van der Waals surface area contributed by atoms with Gasteiger partial charge in [-0.3, -0.25) is 4.68 Å². The minimum Gasteiger partial charge on any atom is -0.253 e. The predicted octanol–water partition coefficient (Wildman–Crippen LogP) is 2.48. The van der Waals surface area contributed by atoms with Crippen molar-refractivity contribution in [3.05, 3.63) is 46.0 Å². The molecular formula is C11H12BrN3. The first-order chi connectivity index (χ1) is 7.15. The highest BCUT2D eigenvalue weighted by Crippen LogP contribution is 2.13. The molecule has 15 heavy (non-hydrogen) atoms. The van der Waals surface area contributed by atoms with Gasteiger partial charge in [-0.25, -0.2) is 4.98 Å². The van der Waals surface area contributed by atoms with E-state index >= 15 is 0 Å². The van der Waals surface area contributed by atoms with Crippen molar-refractivity contribution in [3.8, 4) is 0 Å². The lowest BCUT2D eigenvalue weighted by Gasteiger charge is -1.97. The van der Waals surface area contributed by atoms with E-state index in [1.54, 1.807) is 4.68 Å². The summed E-state index contributed by atoms with van der Waals surface area (Å²) in [5, 5.41) is 4.33. The first-order valence-corrected chi connectivity index (χ1v) is 5.55. The van der Waals surface area contributed by atoms with Gasteiger partial charge < -0.3 is 0 Å². The Labute approximate surface area is 97.3 Å². The van der Waals surface area contributed by atoms with Crippen molar-refractivity contribution in [3.63, 3.8) is 0 Å². The van der Waals surface area contributed by atoms with E-state index in [9.17, 15) is 0 Å². The summed E-state index contributed by atoms with van der Waals surface area (Å²) in [4.78, 5) is 4.37. The molecule has 1 aromatic carbocycles. The highest BCUT2D eigenvalue weighted by molar-refractivity contribution is 9.10. The average molecular weight is 266 g/mol. The van der Waals surface area contributed by atoms with E-state index in [0.717, 1.165) is 22.5 Å². The number of aryl methyl sites for hydroxylation is 2. The molecule has 2 rings (SSSR count). The van der Waals surface area contributed by atoms with E-state index in [1.807, 2.05) is 26.1 Å². The van der Waals surface area contributed by atoms with Crippen LogP contribution >= 0.6 is 15.9 Å². The SMILES string of the molecule is Cc1nc(Cc2cccc(Br)c2)nn1C. The predicted molar refractivity (Wildman–Crippen MR) is 62.7 cm³/mol. The van der Waals surface area contributed by atoms with Crippen molar-refractivity contribution in [2.75, 3.05) is 0 Å². The first kappa shape index (κ1) is 10.4. The lowest BCUT2D eigenvalue weighted by atomic mass is 10.1. The summed E-state index contributed by atoms with van der Waals surface area (Å²) < 4.78 is 2.89. The quantitative estimate of drug-likeness (QED) is 0.836. The number of aromatic nitrogens is 3. The van der Waals surface area contributed by atoms with Crippen molar-refractivity contribution >= 4 is 15.9 Å². The van der Waals surface area contributed by atoms with Crippen LogP contribution < -0.4 is 0 Å². The van der Waals surface area contributed by atoms with Gasteiger partial charge in [0.1, 0.15) is 5.82 Å². The van der Waals surface area contributed by atoms with Crippen LogP contribution in [-0.4, -0.2) is 14.8 Å². The summed E-state index contributed by atoms with van der Waals surface area (Å²) in [6, 6.07) is 8.21. The molecule has 0 atom stereocenters. The maximum absolute atomic E-state index is 4.37. The summed E-state index contributed by atoms with van der Waals surface area (Å²) in [7, 11) is 1.91. The Bertz CT molecular complexity index is 457. The van der Waals surface area contributed by atoms with Gasteiger partial charge in [0.25, 0.3) is 0 Å². The van der Waals surface area contributed by atoms with Crippen molar-refractivity contribution in [2.24, 2.45) is 7.05 Å². The lowest BCUT2D eigenvalue weighted by Crippen LogP contribution is -1.94. The molecule has 0 aliphatic heterocycles. The second-order valence-corrected chi connectivity index (χ2v) is 4.42. The Morgan fingerprint density at radius 3 is 2.80 bits per heavy atom. The Morgan fingerprint density at radius 1 is 1.40 bits per heavy atom. The van der Waals surface area contributed by atoms with Crippen molar-refractivity contribution < 1.29 is 0 Å². The van der Waals surface area contributed by atoms with Crippen LogP contribution in [0.25, 0.3) is 0 Å². The minimum atomic E-state index is 0.779. The Hall–Kier alpha value is -1.16. The molecule has 4 heteroatoms. The van der Waals surface area contributed by atoms with Gasteiger partial charge in [-0.2, -0.15) is 5.10 Å². The van der Waals surface area contributed by atoms with Gasteiger partial charge in [0.15, 0.2) is 5.82 Å². The van der Waals surface area contributed by atoms with E-state index in [2.05, 4.69) is 38.1 Å². The number of benzene rings is 1. The summed E-state index contributed by atoms with van der Waals surface area (Å²) in [5.74, 6) is 1.81.